The molecule has 0 bridgehead atoms. The second kappa shape index (κ2) is 9.86. The molecule has 3 rings (SSSR count). The first-order valence-corrected chi connectivity index (χ1v) is 11.5. The summed E-state index contributed by atoms with van der Waals surface area (Å²) in [6.07, 6.45) is 1.36. The molecule has 1 heterocycles. The summed E-state index contributed by atoms with van der Waals surface area (Å²) in [6, 6.07) is 11.8. The maximum atomic E-state index is 14.2. The van der Waals surface area contributed by atoms with Gasteiger partial charge in [-0.25, -0.2) is 4.39 Å². The zero-order valence-corrected chi connectivity index (χ0v) is 20.1. The minimum absolute atomic E-state index is 0.181. The molecule has 1 aliphatic heterocycles. The Hall–Kier alpha value is -2.38. The lowest BCUT2D eigenvalue weighted by Gasteiger charge is -2.41. The number of ether oxygens (including phenoxy) is 2. The number of hydrogen-bond donors (Lipinski definition) is 1. The van der Waals surface area contributed by atoms with E-state index in [1.807, 2.05) is 24.3 Å². The quantitative estimate of drug-likeness (QED) is 0.309. The van der Waals surface area contributed by atoms with Gasteiger partial charge in [0.05, 0.1) is 0 Å². The Morgan fingerprint density at radius 3 is 2.24 bits per heavy atom. The second-order valence-corrected chi connectivity index (χ2v) is 9.73. The van der Waals surface area contributed by atoms with Crippen molar-refractivity contribution in [1.29, 1.82) is 0 Å². The Morgan fingerprint density at radius 1 is 1.09 bits per heavy atom. The third kappa shape index (κ3) is 5.76. The van der Waals surface area contributed by atoms with Gasteiger partial charge in [-0.05, 0) is 60.8 Å². The summed E-state index contributed by atoms with van der Waals surface area (Å²) >= 11 is 6.01. The van der Waals surface area contributed by atoms with E-state index in [1.165, 1.54) is 26.0 Å². The van der Waals surface area contributed by atoms with Crippen LogP contribution < -0.4 is 0 Å². The molecule has 1 saturated heterocycles. The van der Waals surface area contributed by atoms with Crippen molar-refractivity contribution in [2.45, 2.75) is 59.0 Å². The van der Waals surface area contributed by atoms with Gasteiger partial charge in [0.2, 0.25) is 0 Å². The molecule has 1 aliphatic rings. The van der Waals surface area contributed by atoms with Gasteiger partial charge in [0.1, 0.15) is 5.82 Å². The first-order valence-electron chi connectivity index (χ1n) is 11.1. The third-order valence-corrected chi connectivity index (χ3v) is 6.33. The fourth-order valence-corrected chi connectivity index (χ4v) is 4.60. The van der Waals surface area contributed by atoms with Crippen LogP contribution in [0.5, 0.6) is 0 Å². The Kier molecular flexibility index (Phi) is 7.54. The zero-order chi connectivity index (χ0) is 24.4. The smallest absolute Gasteiger partial charge is 0.326 e. The Bertz CT molecular complexity index is 1000. The molecule has 0 saturated carbocycles. The molecule has 1 fully saturated rings. The van der Waals surface area contributed by atoms with Crippen LogP contribution in [0.1, 0.15) is 39.2 Å². The van der Waals surface area contributed by atoms with E-state index in [-0.39, 0.29) is 24.6 Å². The summed E-state index contributed by atoms with van der Waals surface area (Å²) < 4.78 is 25.0. The van der Waals surface area contributed by atoms with Crippen LogP contribution in [0.2, 0.25) is 18.2 Å². The molecular formula is C25H29BClFO5. The summed E-state index contributed by atoms with van der Waals surface area (Å²) in [5, 5.41) is 10.5. The Labute approximate surface area is 199 Å². The Morgan fingerprint density at radius 2 is 1.70 bits per heavy atom. The van der Waals surface area contributed by atoms with Gasteiger partial charge in [-0.3, -0.25) is 9.59 Å². The summed E-state index contributed by atoms with van der Waals surface area (Å²) in [4.78, 5) is 25.8. The van der Waals surface area contributed by atoms with Crippen molar-refractivity contribution in [2.24, 2.45) is 11.3 Å². The van der Waals surface area contributed by atoms with Crippen LogP contribution in [0.3, 0.4) is 0 Å². The fourth-order valence-electron chi connectivity index (χ4n) is 4.43. The fraction of sp³-hybridized carbons (Fsp3) is 0.440. The van der Waals surface area contributed by atoms with Gasteiger partial charge in [0, 0.05) is 24.4 Å². The van der Waals surface area contributed by atoms with Gasteiger partial charge in [0.25, 0.3) is 12.7 Å². The van der Waals surface area contributed by atoms with Crippen LogP contribution in [-0.2, 0) is 25.5 Å². The van der Waals surface area contributed by atoms with E-state index in [0.717, 1.165) is 5.56 Å². The van der Waals surface area contributed by atoms with Gasteiger partial charge < -0.3 is 14.5 Å². The van der Waals surface area contributed by atoms with Crippen LogP contribution in [0.25, 0.3) is 11.1 Å². The molecule has 2 aromatic rings. The van der Waals surface area contributed by atoms with E-state index in [2.05, 4.69) is 0 Å². The molecule has 0 aliphatic carbocycles. The van der Waals surface area contributed by atoms with Crippen LogP contribution in [0.4, 0.5) is 4.39 Å². The number of cyclic esters (lactones) is 2. The maximum absolute atomic E-state index is 14.2. The average Bonchev–Trinajstić information content (AvgIpc) is 2.72. The Balaban J connectivity index is 1.83. The van der Waals surface area contributed by atoms with Gasteiger partial charge >= 0.3 is 11.9 Å². The number of rotatable bonds is 8. The summed E-state index contributed by atoms with van der Waals surface area (Å²) in [7, 11) is 0. The number of halogens is 2. The van der Waals surface area contributed by atoms with Crippen molar-refractivity contribution in [2.75, 3.05) is 0 Å². The lowest BCUT2D eigenvalue weighted by Crippen LogP contribution is -2.54. The lowest BCUT2D eigenvalue weighted by atomic mass is 9.60. The molecule has 176 valence electrons. The largest absolute Gasteiger partial charge is 0.451 e. The summed E-state index contributed by atoms with van der Waals surface area (Å²) in [5.74, 6) is -3.01. The van der Waals surface area contributed by atoms with Crippen LogP contribution in [-0.4, -0.2) is 29.7 Å². The molecule has 0 amide bonds. The number of carbonyl (C=O) groups is 2. The monoisotopic (exact) mass is 474 g/mol. The van der Waals surface area contributed by atoms with Crippen LogP contribution in [0.15, 0.2) is 42.5 Å². The molecular weight excluding hydrogens is 446 g/mol. The number of benzene rings is 2. The molecule has 1 N–H and O–H groups in total. The van der Waals surface area contributed by atoms with E-state index >= 15 is 0 Å². The van der Waals surface area contributed by atoms with Crippen molar-refractivity contribution >= 4 is 30.5 Å². The molecule has 2 aromatic carbocycles. The van der Waals surface area contributed by atoms with Crippen LogP contribution >= 0.6 is 11.6 Å². The van der Waals surface area contributed by atoms with Crippen molar-refractivity contribution in [3.8, 4) is 11.1 Å². The standard InChI is InChI=1S/C25H29BClFO5/c1-5-25(22(29)32-24(2,3)33-23(25)30)14-17(15-26(4)31)12-16-6-8-18(9-7-16)20-13-19(27)10-11-21(20)28/h6-11,13,17,31H,5,12,14-15H2,1-4H3/t17-/m0/s1. The summed E-state index contributed by atoms with van der Waals surface area (Å²) in [6.45, 7) is 5.88. The van der Waals surface area contributed by atoms with Gasteiger partial charge in [-0.15, -0.1) is 0 Å². The topological polar surface area (TPSA) is 72.8 Å². The molecule has 8 heteroatoms. The average molecular weight is 475 g/mol. The minimum atomic E-state index is -1.40. The highest BCUT2D eigenvalue weighted by Gasteiger charge is 2.55. The lowest BCUT2D eigenvalue weighted by molar-refractivity contribution is -0.252. The zero-order valence-electron chi connectivity index (χ0n) is 19.4. The molecule has 0 spiro atoms. The SMILES string of the molecule is CCC1(C[C@@H](CB(C)O)Cc2ccc(-c3cc(Cl)ccc3F)cc2)C(=O)OC(C)(C)OC1=O. The first kappa shape index (κ1) is 25.3. The molecule has 0 aromatic heterocycles. The van der Waals surface area contributed by atoms with Crippen molar-refractivity contribution in [3.05, 3.63) is 58.9 Å². The highest BCUT2D eigenvalue weighted by Crippen LogP contribution is 2.42. The van der Waals surface area contributed by atoms with E-state index in [9.17, 15) is 19.0 Å². The van der Waals surface area contributed by atoms with Gasteiger partial charge in [-0.1, -0.05) is 49.6 Å². The molecule has 1 atom stereocenters. The first-order chi connectivity index (χ1) is 15.5. The molecule has 0 radical (unpaired) electrons. The van der Waals surface area contributed by atoms with Gasteiger partial charge in [0.15, 0.2) is 5.41 Å². The second-order valence-electron chi connectivity index (χ2n) is 9.29. The van der Waals surface area contributed by atoms with E-state index in [1.54, 1.807) is 19.8 Å². The van der Waals surface area contributed by atoms with E-state index < -0.39 is 30.1 Å². The number of esters is 2. The highest BCUT2D eigenvalue weighted by atomic mass is 35.5. The van der Waals surface area contributed by atoms with Gasteiger partial charge in [-0.2, -0.15) is 0 Å². The van der Waals surface area contributed by atoms with E-state index in [0.29, 0.717) is 28.9 Å². The highest BCUT2D eigenvalue weighted by molar-refractivity contribution is 6.48. The van der Waals surface area contributed by atoms with E-state index in [4.69, 9.17) is 21.1 Å². The van der Waals surface area contributed by atoms with Crippen molar-refractivity contribution in [1.82, 2.24) is 0 Å². The summed E-state index contributed by atoms with van der Waals surface area (Å²) in [5.41, 5.74) is 0.641. The third-order valence-electron chi connectivity index (χ3n) is 6.09. The van der Waals surface area contributed by atoms with Crippen LogP contribution in [0, 0.1) is 17.2 Å². The molecule has 0 unspecified atom stereocenters. The predicted molar refractivity (Wildman–Crippen MR) is 126 cm³/mol. The van der Waals surface area contributed by atoms with Crippen molar-refractivity contribution in [3.63, 3.8) is 0 Å². The van der Waals surface area contributed by atoms with Crippen molar-refractivity contribution < 1.29 is 28.5 Å². The number of carbonyl (C=O) groups excluding carboxylic acids is 2. The molecule has 5 nitrogen and oxygen atoms in total. The number of hydrogen-bond acceptors (Lipinski definition) is 5. The normalized spacial score (nSPS) is 17.8. The molecule has 33 heavy (non-hydrogen) atoms. The minimum Gasteiger partial charge on any atom is -0.451 e. The maximum Gasteiger partial charge on any atom is 0.326 e. The predicted octanol–water partition coefficient (Wildman–Crippen LogP) is 5.54.